The summed E-state index contributed by atoms with van der Waals surface area (Å²) in [5, 5.41) is 9.96. The number of aromatic nitrogens is 2. The highest BCUT2D eigenvalue weighted by molar-refractivity contribution is 5.41. The molecule has 0 amide bonds. The number of aliphatic hydroxyl groups is 1. The molecule has 0 fully saturated rings. The summed E-state index contributed by atoms with van der Waals surface area (Å²) in [5.41, 5.74) is -0.0861. The van der Waals surface area contributed by atoms with E-state index in [-0.39, 0.29) is 12.1 Å². The van der Waals surface area contributed by atoms with Gasteiger partial charge in [0.05, 0.1) is 17.3 Å². The predicted molar refractivity (Wildman–Crippen MR) is 83.0 cm³/mol. The van der Waals surface area contributed by atoms with Crippen LogP contribution in [0.5, 0.6) is 0 Å². The highest BCUT2D eigenvalue weighted by Gasteiger charge is 2.50. The Labute approximate surface area is 146 Å². The van der Waals surface area contributed by atoms with E-state index >= 15 is 0 Å². The molecule has 8 heteroatoms. The van der Waals surface area contributed by atoms with Crippen LogP contribution in [0.15, 0.2) is 24.5 Å². The molecule has 0 aliphatic heterocycles. The van der Waals surface area contributed by atoms with Crippen LogP contribution in [0.3, 0.4) is 0 Å². The van der Waals surface area contributed by atoms with Crippen molar-refractivity contribution in [2.75, 3.05) is 0 Å². The molecule has 1 unspecified atom stereocenters. The molecule has 0 spiro atoms. The van der Waals surface area contributed by atoms with Crippen molar-refractivity contribution in [3.05, 3.63) is 52.6 Å². The van der Waals surface area contributed by atoms with Gasteiger partial charge in [0.1, 0.15) is 6.10 Å². The Morgan fingerprint density at radius 3 is 2.73 bits per heavy atom. The molecule has 1 N–H and O–H groups in total. The van der Waals surface area contributed by atoms with E-state index < -0.39 is 41.8 Å². The normalized spacial score (nSPS) is 24.8. The summed E-state index contributed by atoms with van der Waals surface area (Å²) in [6.07, 6.45) is -3.55. The van der Waals surface area contributed by atoms with Gasteiger partial charge in [0, 0.05) is 30.1 Å². The fourth-order valence-corrected chi connectivity index (χ4v) is 4.14. The van der Waals surface area contributed by atoms with E-state index in [1.165, 1.54) is 4.57 Å². The van der Waals surface area contributed by atoms with E-state index in [1.807, 2.05) is 6.07 Å². The van der Waals surface area contributed by atoms with Crippen molar-refractivity contribution in [3.8, 4) is 0 Å². The van der Waals surface area contributed by atoms with Crippen molar-refractivity contribution in [3.63, 3.8) is 0 Å². The minimum absolute atomic E-state index is 0.138. The van der Waals surface area contributed by atoms with Crippen LogP contribution in [0.25, 0.3) is 0 Å². The smallest absolute Gasteiger partial charge is 0.382 e. The third-order valence-electron chi connectivity index (χ3n) is 5.36. The molecule has 2 aliphatic carbocycles. The molecular weight excluding hydrogens is 355 g/mol. The molecule has 3 nitrogen and oxygen atoms in total. The number of nitrogens with zero attached hydrogens (tertiary/aromatic N) is 2. The summed E-state index contributed by atoms with van der Waals surface area (Å²) in [6.45, 7) is 0. The Morgan fingerprint density at radius 2 is 2.00 bits per heavy atom. The van der Waals surface area contributed by atoms with Gasteiger partial charge in [0.2, 0.25) is 0 Å². The molecule has 140 valence electrons. The second-order valence-corrected chi connectivity index (χ2v) is 6.93. The van der Waals surface area contributed by atoms with Crippen molar-refractivity contribution < 1.29 is 27.1 Å². The number of aliphatic hydroxyl groups excluding tert-OH is 1. The molecule has 2 heterocycles. The second-order valence-electron chi connectivity index (χ2n) is 6.93. The molecule has 0 saturated carbocycles. The Balaban J connectivity index is 1.90. The van der Waals surface area contributed by atoms with Crippen LogP contribution in [0.4, 0.5) is 22.0 Å². The van der Waals surface area contributed by atoms with E-state index in [0.717, 1.165) is 24.6 Å². The van der Waals surface area contributed by atoms with Crippen molar-refractivity contribution in [1.82, 2.24) is 9.55 Å². The largest absolute Gasteiger partial charge is 0.418 e. The number of pyridine rings is 1. The van der Waals surface area contributed by atoms with Crippen LogP contribution < -0.4 is 0 Å². The Bertz CT molecular complexity index is 843. The lowest BCUT2D eigenvalue weighted by atomic mass is 9.88. The number of aryl methyl sites for hydroxylation is 1. The number of hydrogen-bond donors (Lipinski definition) is 1. The summed E-state index contributed by atoms with van der Waals surface area (Å²) in [7, 11) is 0. The third-order valence-corrected chi connectivity index (χ3v) is 5.36. The van der Waals surface area contributed by atoms with E-state index in [0.29, 0.717) is 12.1 Å². The van der Waals surface area contributed by atoms with Gasteiger partial charge in [-0.2, -0.15) is 13.2 Å². The van der Waals surface area contributed by atoms with Crippen LogP contribution in [0.2, 0.25) is 0 Å². The van der Waals surface area contributed by atoms with Gasteiger partial charge in [0.15, 0.2) is 0 Å². The first-order valence-electron chi connectivity index (χ1n) is 8.50. The quantitative estimate of drug-likeness (QED) is 0.752. The van der Waals surface area contributed by atoms with Crippen LogP contribution in [0, 0.1) is 0 Å². The minimum atomic E-state index is -4.81. The van der Waals surface area contributed by atoms with Gasteiger partial charge in [-0.25, -0.2) is 8.78 Å². The Hall–Kier alpha value is -1.96. The molecule has 2 atom stereocenters. The zero-order valence-corrected chi connectivity index (χ0v) is 13.7. The zero-order chi connectivity index (χ0) is 18.7. The standard InChI is InChI=1S/C18H17F5N2O/c19-17(20)7-6-12-14(16(17)26)11(18(21,22)23)9-25(12)13-5-1-3-10-4-2-8-24-15(10)13/h2,4,8-9,13,16,26H,1,3,5-7H2/t13?,16-/m0/s1. The van der Waals surface area contributed by atoms with Crippen molar-refractivity contribution >= 4 is 0 Å². The first-order valence-corrected chi connectivity index (χ1v) is 8.50. The van der Waals surface area contributed by atoms with E-state index in [4.69, 9.17) is 0 Å². The van der Waals surface area contributed by atoms with Crippen molar-refractivity contribution in [2.24, 2.45) is 0 Å². The third kappa shape index (κ3) is 2.62. The van der Waals surface area contributed by atoms with Gasteiger partial charge in [-0.15, -0.1) is 0 Å². The van der Waals surface area contributed by atoms with Gasteiger partial charge >= 0.3 is 6.18 Å². The molecule has 2 aromatic heterocycles. The number of hydrogen-bond acceptors (Lipinski definition) is 2. The molecule has 26 heavy (non-hydrogen) atoms. The number of fused-ring (bicyclic) bond motifs is 2. The number of rotatable bonds is 1. The molecule has 2 aliphatic rings. The first kappa shape index (κ1) is 17.5. The molecule has 0 aromatic carbocycles. The van der Waals surface area contributed by atoms with E-state index in [9.17, 15) is 27.1 Å². The maximum Gasteiger partial charge on any atom is 0.418 e. The van der Waals surface area contributed by atoms with E-state index in [1.54, 1.807) is 12.3 Å². The maximum atomic E-state index is 13.9. The van der Waals surface area contributed by atoms with Crippen LogP contribution >= 0.6 is 0 Å². The van der Waals surface area contributed by atoms with Gasteiger partial charge in [-0.05, 0) is 37.3 Å². The molecule has 0 radical (unpaired) electrons. The van der Waals surface area contributed by atoms with Crippen molar-refractivity contribution in [1.29, 1.82) is 0 Å². The summed E-state index contributed by atoms with van der Waals surface area (Å²) in [5.74, 6) is -3.57. The molecule has 0 saturated heterocycles. The fourth-order valence-electron chi connectivity index (χ4n) is 4.14. The molecule has 4 rings (SSSR count). The summed E-state index contributed by atoms with van der Waals surface area (Å²) >= 11 is 0. The fraction of sp³-hybridized carbons (Fsp3) is 0.500. The minimum Gasteiger partial charge on any atom is -0.382 e. The van der Waals surface area contributed by atoms with Gasteiger partial charge in [0.25, 0.3) is 5.92 Å². The van der Waals surface area contributed by atoms with Gasteiger partial charge < -0.3 is 9.67 Å². The number of alkyl halides is 5. The summed E-state index contributed by atoms with van der Waals surface area (Å²) < 4.78 is 69.7. The van der Waals surface area contributed by atoms with Gasteiger partial charge in [-0.1, -0.05) is 6.07 Å². The second kappa shape index (κ2) is 5.77. The molecular formula is C18H17F5N2O. The van der Waals surface area contributed by atoms with Gasteiger partial charge in [-0.3, -0.25) is 4.98 Å². The maximum absolute atomic E-state index is 13.9. The Morgan fingerprint density at radius 1 is 1.23 bits per heavy atom. The lowest BCUT2D eigenvalue weighted by Gasteiger charge is -2.32. The zero-order valence-electron chi connectivity index (χ0n) is 13.7. The first-order chi connectivity index (χ1) is 12.2. The highest BCUT2D eigenvalue weighted by Crippen LogP contribution is 2.49. The summed E-state index contributed by atoms with van der Waals surface area (Å²) in [6, 6.07) is 3.22. The average molecular weight is 372 g/mol. The van der Waals surface area contributed by atoms with E-state index in [2.05, 4.69) is 4.98 Å². The monoisotopic (exact) mass is 372 g/mol. The molecule has 2 aromatic rings. The van der Waals surface area contributed by atoms with Crippen LogP contribution in [0.1, 0.15) is 59.5 Å². The van der Waals surface area contributed by atoms with Crippen molar-refractivity contribution in [2.45, 2.75) is 56.3 Å². The molecule has 0 bridgehead atoms. The topological polar surface area (TPSA) is 38.0 Å². The lowest BCUT2D eigenvalue weighted by molar-refractivity contribution is -0.147. The lowest BCUT2D eigenvalue weighted by Crippen LogP contribution is -2.33. The Kier molecular flexibility index (Phi) is 3.87. The summed E-state index contributed by atoms with van der Waals surface area (Å²) in [4.78, 5) is 4.33. The van der Waals surface area contributed by atoms with Crippen LogP contribution in [-0.4, -0.2) is 20.6 Å². The van der Waals surface area contributed by atoms with Crippen LogP contribution in [-0.2, 0) is 19.0 Å². The average Bonchev–Trinajstić information content (AvgIpc) is 2.98. The highest BCUT2D eigenvalue weighted by atomic mass is 19.4. The SMILES string of the molecule is O[C@H]1c2c(C(F)(F)F)cn(C3CCCc4cccnc43)c2CCC1(F)F. The number of halogens is 5. The predicted octanol–water partition coefficient (Wildman–Crippen LogP) is 4.44.